The van der Waals surface area contributed by atoms with E-state index in [4.69, 9.17) is 32.7 Å². The number of aromatic nitrogens is 1. The number of pyridine rings is 1. The molecule has 0 saturated heterocycles. The molecule has 2 bridgehead atoms. The third kappa shape index (κ3) is 2.71. The number of oxazole rings is 1. The summed E-state index contributed by atoms with van der Waals surface area (Å²) < 4.78 is 16.9. The van der Waals surface area contributed by atoms with Gasteiger partial charge in [0.25, 0.3) is 5.95 Å². The van der Waals surface area contributed by atoms with E-state index in [1.807, 2.05) is 0 Å². The number of rotatable bonds is 1. The molecule has 0 atom stereocenters. The third-order valence-corrected chi connectivity index (χ3v) is 1.56. The number of nitrogens with zero attached hydrogens (tertiary/aromatic N) is 1. The molecular weight excluding hydrogens is 236 g/mol. The molecule has 0 spiro atoms. The number of halogens is 3. The van der Waals surface area contributed by atoms with Crippen molar-refractivity contribution in [1.29, 1.82) is 0 Å². The molecule has 2 heterocycles. The highest BCUT2D eigenvalue weighted by Crippen LogP contribution is 2.14. The molecular formula is C7H4Cl2FNO3. The first kappa shape index (κ1) is 11.0. The predicted molar refractivity (Wildman–Crippen MR) is 48.3 cm³/mol. The van der Waals surface area contributed by atoms with Crippen molar-refractivity contribution in [2.24, 2.45) is 0 Å². The molecule has 0 unspecified atom stereocenters. The molecule has 0 aromatic carbocycles. The standard InChI is InChI=1S/C5H2FNO.C2H2Cl2O2/c6-5-3-1-2-4(7-5)8-3;3-1(4)2(5)6/h1-2H;1H,(H,5,6). The SMILES string of the molecule is Fc1nc2ccc1o2.O=C(O)C(Cl)Cl. The van der Waals surface area contributed by atoms with Crippen molar-refractivity contribution in [3.8, 4) is 0 Å². The highest BCUT2D eigenvalue weighted by molar-refractivity contribution is 6.52. The van der Waals surface area contributed by atoms with Gasteiger partial charge in [-0.2, -0.15) is 9.37 Å². The van der Waals surface area contributed by atoms with Crippen LogP contribution in [0, 0.1) is 5.95 Å². The first-order chi connectivity index (χ1) is 6.50. The van der Waals surface area contributed by atoms with E-state index in [1.54, 1.807) is 12.1 Å². The number of carboxylic acid groups (broad SMARTS) is 1. The fourth-order valence-corrected chi connectivity index (χ4v) is 0.650. The molecule has 7 heteroatoms. The summed E-state index contributed by atoms with van der Waals surface area (Å²) in [6, 6.07) is 3.18. The molecule has 0 aliphatic carbocycles. The Labute approximate surface area is 87.6 Å². The Morgan fingerprint density at radius 2 is 2.14 bits per heavy atom. The lowest BCUT2D eigenvalue weighted by Gasteiger charge is -1.84. The molecule has 0 aliphatic rings. The van der Waals surface area contributed by atoms with E-state index < -0.39 is 16.8 Å². The summed E-state index contributed by atoms with van der Waals surface area (Å²) in [5, 5.41) is 7.73. The predicted octanol–water partition coefficient (Wildman–Crippen LogP) is 2.28. The highest BCUT2D eigenvalue weighted by atomic mass is 35.5. The average Bonchev–Trinajstić information content (AvgIpc) is 2.65. The van der Waals surface area contributed by atoms with Gasteiger partial charge in [0.1, 0.15) is 0 Å². The number of alkyl halides is 2. The van der Waals surface area contributed by atoms with Gasteiger partial charge in [-0.3, -0.25) is 0 Å². The van der Waals surface area contributed by atoms with E-state index in [2.05, 4.69) is 4.98 Å². The Bertz CT molecular complexity index is 417. The van der Waals surface area contributed by atoms with Crippen LogP contribution in [0.5, 0.6) is 0 Å². The quantitative estimate of drug-likeness (QED) is 0.613. The number of carboxylic acids is 1. The fraction of sp³-hybridized carbons (Fsp3) is 0.143. The Morgan fingerprint density at radius 1 is 1.57 bits per heavy atom. The summed E-state index contributed by atoms with van der Waals surface area (Å²) in [6.07, 6.45) is 0. The van der Waals surface area contributed by atoms with Crippen LogP contribution in [0.3, 0.4) is 0 Å². The van der Waals surface area contributed by atoms with Gasteiger partial charge in [-0.05, 0) is 6.07 Å². The molecule has 14 heavy (non-hydrogen) atoms. The largest absolute Gasteiger partial charge is 0.479 e. The maximum Gasteiger partial charge on any atom is 0.337 e. The van der Waals surface area contributed by atoms with Crippen molar-refractivity contribution in [3.63, 3.8) is 0 Å². The lowest BCUT2D eigenvalue weighted by atomic mass is 10.5. The Morgan fingerprint density at radius 3 is 2.29 bits per heavy atom. The summed E-state index contributed by atoms with van der Waals surface area (Å²) in [5.74, 6) is -1.72. The Balaban J connectivity index is 0.000000149. The molecule has 76 valence electrons. The first-order valence-corrected chi connectivity index (χ1v) is 4.23. The van der Waals surface area contributed by atoms with Crippen LogP contribution < -0.4 is 0 Å². The zero-order valence-electron chi connectivity index (χ0n) is 6.58. The van der Waals surface area contributed by atoms with E-state index >= 15 is 0 Å². The highest BCUT2D eigenvalue weighted by Gasteiger charge is 2.06. The van der Waals surface area contributed by atoms with Gasteiger partial charge in [0, 0.05) is 6.07 Å². The van der Waals surface area contributed by atoms with Crippen LogP contribution in [0.2, 0.25) is 0 Å². The second-order valence-electron chi connectivity index (χ2n) is 2.18. The van der Waals surface area contributed by atoms with Crippen molar-refractivity contribution in [1.82, 2.24) is 4.98 Å². The first-order valence-electron chi connectivity index (χ1n) is 3.36. The average molecular weight is 240 g/mol. The van der Waals surface area contributed by atoms with E-state index in [9.17, 15) is 9.18 Å². The molecule has 0 saturated carbocycles. The summed E-state index contributed by atoms with van der Waals surface area (Å²) in [6.45, 7) is 0. The number of hydrogen-bond donors (Lipinski definition) is 1. The molecule has 1 N–H and O–H groups in total. The van der Waals surface area contributed by atoms with Gasteiger partial charge < -0.3 is 9.52 Å². The number of furan rings is 1. The second-order valence-corrected chi connectivity index (χ2v) is 3.28. The van der Waals surface area contributed by atoms with Crippen LogP contribution >= 0.6 is 23.2 Å². The van der Waals surface area contributed by atoms with E-state index in [0.29, 0.717) is 5.71 Å². The van der Waals surface area contributed by atoms with Gasteiger partial charge in [0.2, 0.25) is 10.5 Å². The molecule has 0 aliphatic heterocycles. The summed E-state index contributed by atoms with van der Waals surface area (Å²) >= 11 is 9.56. The minimum atomic E-state index is -1.29. The molecule has 0 radical (unpaired) electrons. The smallest absolute Gasteiger partial charge is 0.337 e. The number of carbonyl (C=O) groups is 1. The van der Waals surface area contributed by atoms with E-state index in [1.165, 1.54) is 0 Å². The normalized spacial score (nSPS) is 10.3. The van der Waals surface area contributed by atoms with Crippen LogP contribution in [0.15, 0.2) is 16.5 Å². The van der Waals surface area contributed by atoms with Crippen LogP contribution in [-0.4, -0.2) is 20.9 Å². The zero-order valence-corrected chi connectivity index (χ0v) is 8.09. The van der Waals surface area contributed by atoms with Crippen LogP contribution in [-0.2, 0) is 4.79 Å². The fourth-order valence-electron chi connectivity index (χ4n) is 0.650. The van der Waals surface area contributed by atoms with Crippen LogP contribution in [0.4, 0.5) is 4.39 Å². The monoisotopic (exact) mass is 239 g/mol. The van der Waals surface area contributed by atoms with Crippen molar-refractivity contribution in [3.05, 3.63) is 18.1 Å². The van der Waals surface area contributed by atoms with Crippen molar-refractivity contribution < 1.29 is 18.7 Å². The Hall–Kier alpha value is -1.07. The minimum Gasteiger partial charge on any atom is -0.479 e. The summed E-state index contributed by atoms with van der Waals surface area (Å²) in [7, 11) is 0. The third-order valence-electron chi connectivity index (χ3n) is 1.19. The van der Waals surface area contributed by atoms with Crippen molar-refractivity contribution in [2.45, 2.75) is 4.84 Å². The Kier molecular flexibility index (Phi) is 3.49. The minimum absolute atomic E-state index is 0.236. The molecule has 0 amide bonds. The zero-order chi connectivity index (χ0) is 10.7. The van der Waals surface area contributed by atoms with Gasteiger partial charge in [-0.25, -0.2) is 4.79 Å². The second kappa shape index (κ2) is 4.43. The van der Waals surface area contributed by atoms with E-state index in [0.717, 1.165) is 0 Å². The van der Waals surface area contributed by atoms with Crippen LogP contribution in [0.25, 0.3) is 11.3 Å². The van der Waals surface area contributed by atoms with E-state index in [-0.39, 0.29) is 5.58 Å². The summed E-state index contributed by atoms with van der Waals surface area (Å²) in [4.78, 5) is 11.5. The van der Waals surface area contributed by atoms with Gasteiger partial charge in [-0.1, -0.05) is 23.2 Å². The van der Waals surface area contributed by atoms with Gasteiger partial charge in [0.15, 0.2) is 5.58 Å². The van der Waals surface area contributed by atoms with Gasteiger partial charge in [-0.15, -0.1) is 0 Å². The molecule has 2 aromatic rings. The van der Waals surface area contributed by atoms with Gasteiger partial charge in [0.05, 0.1) is 0 Å². The molecule has 2 rings (SSSR count). The molecule has 4 nitrogen and oxygen atoms in total. The maximum absolute atomic E-state index is 12.1. The lowest BCUT2D eigenvalue weighted by molar-refractivity contribution is -0.135. The van der Waals surface area contributed by atoms with Gasteiger partial charge >= 0.3 is 5.97 Å². The number of aliphatic carboxylic acids is 1. The number of fused-ring (bicyclic) bond motifs is 2. The molecule has 2 aromatic heterocycles. The van der Waals surface area contributed by atoms with Crippen molar-refractivity contribution >= 4 is 40.5 Å². The topological polar surface area (TPSA) is 63.3 Å². The van der Waals surface area contributed by atoms with Crippen LogP contribution in [0.1, 0.15) is 0 Å². The maximum atomic E-state index is 12.1. The molecule has 0 fully saturated rings. The summed E-state index contributed by atoms with van der Waals surface area (Å²) in [5.41, 5.74) is 0.595. The van der Waals surface area contributed by atoms with Crippen molar-refractivity contribution in [2.75, 3.05) is 0 Å². The number of hydrogen-bond acceptors (Lipinski definition) is 3. The lowest BCUT2D eigenvalue weighted by Crippen LogP contribution is -2.03.